The van der Waals surface area contributed by atoms with Crippen LogP contribution in [0.2, 0.25) is 0 Å². The Bertz CT molecular complexity index is 944. The van der Waals surface area contributed by atoms with E-state index >= 15 is 0 Å². The predicted molar refractivity (Wildman–Crippen MR) is 123 cm³/mol. The highest BCUT2D eigenvalue weighted by atomic mass is 16.5. The second-order valence-electron chi connectivity index (χ2n) is 9.73. The molecule has 2 saturated heterocycles. The van der Waals surface area contributed by atoms with Crippen LogP contribution in [-0.2, 0) is 16.0 Å². The Hall–Kier alpha value is -2.67. The zero-order valence-electron chi connectivity index (χ0n) is 19.3. The Labute approximate surface area is 189 Å². The molecule has 172 valence electrons. The number of hydrogen-bond donors (Lipinski definition) is 1. The number of hydrogen-bond acceptors (Lipinski definition) is 6. The zero-order valence-corrected chi connectivity index (χ0v) is 19.3. The molecule has 7 nitrogen and oxygen atoms in total. The summed E-state index contributed by atoms with van der Waals surface area (Å²) in [7, 11) is 0. The van der Waals surface area contributed by atoms with E-state index < -0.39 is 5.97 Å². The van der Waals surface area contributed by atoms with Crippen LogP contribution in [0.15, 0.2) is 24.5 Å². The Balaban J connectivity index is 1.60. The maximum absolute atomic E-state index is 11.6. The second-order valence-corrected chi connectivity index (χ2v) is 9.73. The minimum absolute atomic E-state index is 0.0476. The van der Waals surface area contributed by atoms with Gasteiger partial charge in [-0.25, -0.2) is 0 Å². The molecule has 0 aromatic carbocycles. The third-order valence-corrected chi connectivity index (χ3v) is 6.64. The maximum Gasteiger partial charge on any atom is 0.307 e. The lowest BCUT2D eigenvalue weighted by molar-refractivity contribution is -0.136. The van der Waals surface area contributed by atoms with E-state index in [1.807, 2.05) is 25.3 Å². The molecule has 0 aliphatic carbocycles. The third-order valence-electron chi connectivity index (χ3n) is 6.64. The van der Waals surface area contributed by atoms with E-state index in [2.05, 4.69) is 28.7 Å². The van der Waals surface area contributed by atoms with Gasteiger partial charge >= 0.3 is 5.97 Å². The fourth-order valence-electron chi connectivity index (χ4n) is 4.30. The molecule has 0 amide bonds. The average molecular weight is 440 g/mol. The van der Waals surface area contributed by atoms with E-state index in [-0.39, 0.29) is 6.42 Å². The molecular formula is C25H33N3O4. The Morgan fingerprint density at radius 1 is 1.22 bits per heavy atom. The van der Waals surface area contributed by atoms with Gasteiger partial charge in [-0.3, -0.25) is 14.8 Å². The Morgan fingerprint density at radius 3 is 2.56 bits per heavy atom. The number of piperidine rings is 1. The molecule has 4 rings (SSSR count). The third kappa shape index (κ3) is 5.21. The van der Waals surface area contributed by atoms with E-state index in [0.717, 1.165) is 79.5 Å². The molecule has 32 heavy (non-hydrogen) atoms. The number of carboxylic acid groups (broad SMARTS) is 1. The first-order valence-corrected chi connectivity index (χ1v) is 11.4. The molecular weight excluding hydrogens is 406 g/mol. The van der Waals surface area contributed by atoms with Crippen LogP contribution in [0.4, 0.5) is 5.69 Å². The number of rotatable bonds is 8. The lowest BCUT2D eigenvalue weighted by Crippen LogP contribution is -2.38. The highest BCUT2D eigenvalue weighted by Crippen LogP contribution is 2.39. The van der Waals surface area contributed by atoms with Crippen LogP contribution in [0.3, 0.4) is 0 Å². The normalized spacial score (nSPS) is 18.3. The van der Waals surface area contributed by atoms with Gasteiger partial charge in [-0.1, -0.05) is 13.8 Å². The van der Waals surface area contributed by atoms with Crippen LogP contribution in [0.25, 0.3) is 11.3 Å². The highest BCUT2D eigenvalue weighted by Gasteiger charge is 2.29. The minimum Gasteiger partial charge on any atom is -0.492 e. The van der Waals surface area contributed by atoms with E-state index in [0.29, 0.717) is 17.9 Å². The van der Waals surface area contributed by atoms with E-state index in [1.54, 1.807) is 6.20 Å². The van der Waals surface area contributed by atoms with Gasteiger partial charge in [0.1, 0.15) is 5.75 Å². The summed E-state index contributed by atoms with van der Waals surface area (Å²) in [6.45, 7) is 10.6. The quantitative estimate of drug-likeness (QED) is 0.662. The predicted octanol–water partition coefficient (Wildman–Crippen LogP) is 4.12. The number of aliphatic carboxylic acids is 1. The number of aryl methyl sites for hydroxylation is 1. The standard InChI is InChI=1S/C25H33N3O4/c1-17-20(12-23(29)30)24(28-9-7-25(2,3)8-10-28)21(14-26-17)22-5-4-19(13-27-22)32-11-6-18-15-31-16-18/h4-5,13-14,18H,6-12,15-16H2,1-3H3,(H,29,30). The van der Waals surface area contributed by atoms with Gasteiger partial charge in [-0.05, 0) is 43.7 Å². The molecule has 2 aliphatic rings. The number of aromatic nitrogens is 2. The van der Waals surface area contributed by atoms with Gasteiger partial charge in [0.2, 0.25) is 0 Å². The summed E-state index contributed by atoms with van der Waals surface area (Å²) >= 11 is 0. The molecule has 2 aliphatic heterocycles. The smallest absolute Gasteiger partial charge is 0.307 e. The number of pyridine rings is 2. The molecule has 4 heterocycles. The van der Waals surface area contributed by atoms with Gasteiger partial charge in [-0.15, -0.1) is 0 Å². The fraction of sp³-hybridized carbons (Fsp3) is 0.560. The molecule has 0 bridgehead atoms. The lowest BCUT2D eigenvalue weighted by Gasteiger charge is -2.40. The summed E-state index contributed by atoms with van der Waals surface area (Å²) in [5.41, 5.74) is 4.46. The van der Waals surface area contributed by atoms with E-state index in [4.69, 9.17) is 9.47 Å². The van der Waals surface area contributed by atoms with Crippen molar-refractivity contribution in [3.8, 4) is 17.0 Å². The van der Waals surface area contributed by atoms with E-state index in [9.17, 15) is 9.90 Å². The second kappa shape index (κ2) is 9.45. The van der Waals surface area contributed by atoms with Gasteiger partial charge in [0, 0.05) is 42.0 Å². The summed E-state index contributed by atoms with van der Waals surface area (Å²) in [5, 5.41) is 9.55. The first kappa shape index (κ1) is 22.5. The number of carbonyl (C=O) groups is 1. The molecule has 0 radical (unpaired) electrons. The molecule has 0 spiro atoms. The van der Waals surface area contributed by atoms with Crippen LogP contribution in [-0.4, -0.2) is 54.0 Å². The summed E-state index contributed by atoms with van der Waals surface area (Å²) < 4.78 is 11.0. The van der Waals surface area contributed by atoms with Crippen molar-refractivity contribution in [2.45, 2.75) is 46.5 Å². The van der Waals surface area contributed by atoms with Gasteiger partial charge < -0.3 is 19.5 Å². The Morgan fingerprint density at radius 2 is 1.97 bits per heavy atom. The highest BCUT2D eigenvalue weighted by molar-refractivity contribution is 5.83. The first-order chi connectivity index (χ1) is 15.3. The summed E-state index contributed by atoms with van der Waals surface area (Å²) in [6.07, 6.45) is 6.63. The number of anilines is 1. The van der Waals surface area contributed by atoms with Crippen molar-refractivity contribution < 1.29 is 19.4 Å². The average Bonchev–Trinajstić information content (AvgIpc) is 2.72. The van der Waals surface area contributed by atoms with Crippen LogP contribution >= 0.6 is 0 Å². The van der Waals surface area contributed by atoms with Crippen LogP contribution in [0, 0.1) is 18.3 Å². The fourth-order valence-corrected chi connectivity index (χ4v) is 4.30. The topological polar surface area (TPSA) is 84.8 Å². The molecule has 1 N–H and O–H groups in total. The molecule has 0 atom stereocenters. The van der Waals surface area contributed by atoms with Crippen molar-refractivity contribution in [3.05, 3.63) is 35.8 Å². The van der Waals surface area contributed by atoms with Crippen molar-refractivity contribution in [1.82, 2.24) is 9.97 Å². The zero-order chi connectivity index (χ0) is 22.7. The van der Waals surface area contributed by atoms with Crippen molar-refractivity contribution in [2.75, 3.05) is 37.8 Å². The van der Waals surface area contributed by atoms with Crippen LogP contribution in [0.1, 0.15) is 44.4 Å². The number of carboxylic acids is 1. The number of nitrogens with zero attached hydrogens (tertiary/aromatic N) is 3. The van der Waals surface area contributed by atoms with Crippen LogP contribution in [0.5, 0.6) is 5.75 Å². The molecule has 2 aromatic rings. The molecule has 2 aromatic heterocycles. The maximum atomic E-state index is 11.6. The van der Waals surface area contributed by atoms with Crippen LogP contribution < -0.4 is 9.64 Å². The van der Waals surface area contributed by atoms with Gasteiger partial charge in [-0.2, -0.15) is 0 Å². The monoisotopic (exact) mass is 439 g/mol. The first-order valence-electron chi connectivity index (χ1n) is 11.4. The molecule has 0 saturated carbocycles. The van der Waals surface area contributed by atoms with Crippen molar-refractivity contribution >= 4 is 11.7 Å². The molecule has 7 heteroatoms. The number of ether oxygens (including phenoxy) is 2. The van der Waals surface area contributed by atoms with Crippen molar-refractivity contribution in [3.63, 3.8) is 0 Å². The molecule has 2 fully saturated rings. The van der Waals surface area contributed by atoms with E-state index in [1.165, 1.54) is 0 Å². The summed E-state index contributed by atoms with van der Waals surface area (Å²) in [6, 6.07) is 3.87. The van der Waals surface area contributed by atoms with Gasteiger partial charge in [0.05, 0.1) is 43.8 Å². The van der Waals surface area contributed by atoms with Gasteiger partial charge in [0.15, 0.2) is 0 Å². The Kier molecular flexibility index (Phi) is 6.65. The SMILES string of the molecule is Cc1ncc(-c2ccc(OCCC3COC3)cn2)c(N2CCC(C)(C)CC2)c1CC(=O)O. The molecule has 0 unspecified atom stereocenters. The largest absolute Gasteiger partial charge is 0.492 e. The summed E-state index contributed by atoms with van der Waals surface area (Å²) in [4.78, 5) is 23.1. The summed E-state index contributed by atoms with van der Waals surface area (Å²) in [5.74, 6) is 0.492. The van der Waals surface area contributed by atoms with Gasteiger partial charge in [0.25, 0.3) is 0 Å². The minimum atomic E-state index is -0.848. The lowest BCUT2D eigenvalue weighted by atomic mass is 9.82. The van der Waals surface area contributed by atoms with Crippen molar-refractivity contribution in [1.29, 1.82) is 0 Å². The van der Waals surface area contributed by atoms with Crippen molar-refractivity contribution in [2.24, 2.45) is 11.3 Å².